The number of ether oxygens (including phenoxy) is 1. The summed E-state index contributed by atoms with van der Waals surface area (Å²) in [5, 5.41) is 0. The Balaban J connectivity index is 1.53. The molecule has 5 nitrogen and oxygen atoms in total. The molecule has 0 N–H and O–H groups in total. The van der Waals surface area contributed by atoms with Crippen LogP contribution >= 0.6 is 0 Å². The van der Waals surface area contributed by atoms with E-state index in [2.05, 4.69) is 18.7 Å². The third-order valence-electron chi connectivity index (χ3n) is 6.55. The Morgan fingerprint density at radius 3 is 1.81 bits per heavy atom. The summed E-state index contributed by atoms with van der Waals surface area (Å²) in [6, 6.07) is 26.8. The first-order chi connectivity index (χ1) is 18.1. The average molecular weight is 495 g/mol. The van der Waals surface area contributed by atoms with Gasteiger partial charge in [0, 0.05) is 23.3 Å². The number of ketones is 1. The first-order valence-electron chi connectivity index (χ1n) is 12.9. The lowest BCUT2D eigenvalue weighted by Crippen LogP contribution is -2.41. The molecule has 4 rings (SSSR count). The highest BCUT2D eigenvalue weighted by atomic mass is 16.5. The van der Waals surface area contributed by atoms with E-state index in [1.54, 1.807) is 17.0 Å². The Hall–Kier alpha value is -3.96. The molecule has 37 heavy (non-hydrogen) atoms. The maximum atomic E-state index is 13.5. The van der Waals surface area contributed by atoms with Crippen LogP contribution in [0.4, 0.5) is 0 Å². The summed E-state index contributed by atoms with van der Waals surface area (Å²) in [7, 11) is 0. The zero-order valence-electron chi connectivity index (χ0n) is 21.6. The average Bonchev–Trinajstić information content (AvgIpc) is 2.94. The number of likely N-dealkylation sites (tertiary alicyclic amines) is 1. The fourth-order valence-electron chi connectivity index (χ4n) is 4.39. The maximum Gasteiger partial charge on any atom is 0.254 e. The molecule has 5 heteroatoms. The van der Waals surface area contributed by atoms with Gasteiger partial charge in [0.15, 0.2) is 5.78 Å². The van der Waals surface area contributed by atoms with Crippen molar-refractivity contribution in [3.8, 4) is 5.75 Å². The normalized spacial score (nSPS) is 16.0. The smallest absolute Gasteiger partial charge is 0.254 e. The van der Waals surface area contributed by atoms with Crippen molar-refractivity contribution in [3.05, 3.63) is 113 Å². The SMILES string of the molecule is CCN(CC)CCOc1ccc(C(=O)N2C/C(=C\c3ccccc3)C(=O)/C(=C/c3ccccc3)C2)cc1. The van der Waals surface area contributed by atoms with E-state index in [-0.39, 0.29) is 24.8 Å². The maximum absolute atomic E-state index is 13.5. The highest BCUT2D eigenvalue weighted by Crippen LogP contribution is 2.24. The molecular formula is C32H34N2O3. The van der Waals surface area contributed by atoms with Crippen LogP contribution in [0.2, 0.25) is 0 Å². The van der Waals surface area contributed by atoms with Crippen molar-refractivity contribution in [2.75, 3.05) is 39.3 Å². The zero-order chi connectivity index (χ0) is 26.0. The van der Waals surface area contributed by atoms with Gasteiger partial charge in [-0.3, -0.25) is 9.59 Å². The van der Waals surface area contributed by atoms with Crippen LogP contribution in [0, 0.1) is 0 Å². The van der Waals surface area contributed by atoms with Gasteiger partial charge in [0.2, 0.25) is 0 Å². The van der Waals surface area contributed by atoms with Crippen LogP contribution < -0.4 is 4.74 Å². The third-order valence-corrected chi connectivity index (χ3v) is 6.55. The molecule has 0 bridgehead atoms. The molecule has 0 aliphatic carbocycles. The zero-order valence-corrected chi connectivity index (χ0v) is 21.6. The minimum atomic E-state index is -0.111. The van der Waals surface area contributed by atoms with E-state index in [1.807, 2.05) is 84.9 Å². The van der Waals surface area contributed by atoms with Gasteiger partial charge in [-0.1, -0.05) is 74.5 Å². The van der Waals surface area contributed by atoms with Gasteiger partial charge in [0.05, 0.1) is 13.1 Å². The highest BCUT2D eigenvalue weighted by molar-refractivity contribution is 6.15. The third kappa shape index (κ3) is 7.05. The molecule has 1 aliphatic heterocycles. The number of nitrogens with zero attached hydrogens (tertiary/aromatic N) is 2. The van der Waals surface area contributed by atoms with Crippen molar-refractivity contribution < 1.29 is 14.3 Å². The summed E-state index contributed by atoms with van der Waals surface area (Å²) in [6.07, 6.45) is 3.76. The Labute approximate surface area is 219 Å². The summed E-state index contributed by atoms with van der Waals surface area (Å²) in [5.74, 6) is 0.612. The van der Waals surface area contributed by atoms with E-state index < -0.39 is 0 Å². The van der Waals surface area contributed by atoms with E-state index in [0.29, 0.717) is 23.3 Å². The lowest BCUT2D eigenvalue weighted by Gasteiger charge is -2.30. The number of Topliss-reactive ketones (excluding diaryl/α,β-unsaturated/α-hetero) is 1. The number of rotatable bonds is 9. The van der Waals surface area contributed by atoms with Gasteiger partial charge in [0.1, 0.15) is 12.4 Å². The van der Waals surface area contributed by atoms with Crippen LogP contribution in [-0.4, -0.2) is 60.8 Å². The minimum absolute atomic E-state index is 0.0197. The van der Waals surface area contributed by atoms with Crippen molar-refractivity contribution >= 4 is 23.8 Å². The lowest BCUT2D eigenvalue weighted by atomic mass is 9.93. The second-order valence-electron chi connectivity index (χ2n) is 9.05. The number of carbonyl (C=O) groups excluding carboxylic acids is 2. The monoisotopic (exact) mass is 494 g/mol. The fourth-order valence-corrected chi connectivity index (χ4v) is 4.39. The first kappa shape index (κ1) is 26.1. The van der Waals surface area contributed by atoms with Gasteiger partial charge in [-0.2, -0.15) is 0 Å². The summed E-state index contributed by atoms with van der Waals surface area (Å²) in [5.41, 5.74) is 3.65. The van der Waals surface area contributed by atoms with Gasteiger partial charge in [-0.25, -0.2) is 0 Å². The van der Waals surface area contributed by atoms with E-state index in [9.17, 15) is 9.59 Å². The quantitative estimate of drug-likeness (QED) is 0.364. The fraction of sp³-hybridized carbons (Fsp3) is 0.250. The van der Waals surface area contributed by atoms with Crippen LogP contribution in [0.25, 0.3) is 12.2 Å². The van der Waals surface area contributed by atoms with Crippen LogP contribution in [0.5, 0.6) is 5.75 Å². The molecule has 1 fully saturated rings. The van der Waals surface area contributed by atoms with Gasteiger partial charge in [0.25, 0.3) is 5.91 Å². The van der Waals surface area contributed by atoms with E-state index in [1.165, 1.54) is 0 Å². The molecule has 0 radical (unpaired) electrons. The predicted molar refractivity (Wildman–Crippen MR) is 149 cm³/mol. The Morgan fingerprint density at radius 1 is 0.811 bits per heavy atom. The number of likely N-dealkylation sites (N-methyl/N-ethyl adjacent to an activating group) is 1. The number of hydrogen-bond donors (Lipinski definition) is 0. The largest absolute Gasteiger partial charge is 0.492 e. The molecule has 0 unspecified atom stereocenters. The molecule has 1 heterocycles. The Morgan fingerprint density at radius 2 is 1.32 bits per heavy atom. The standard InChI is InChI=1S/C32H34N2O3/c1-3-33(4-2)19-20-37-30-17-15-27(16-18-30)32(36)34-23-28(21-25-11-7-5-8-12-25)31(35)29(24-34)22-26-13-9-6-10-14-26/h5-18,21-22H,3-4,19-20,23-24H2,1-2H3/b28-21+,29-22+. The van der Waals surface area contributed by atoms with Crippen LogP contribution in [0.1, 0.15) is 35.3 Å². The highest BCUT2D eigenvalue weighted by Gasteiger charge is 2.29. The number of benzene rings is 3. The second-order valence-corrected chi connectivity index (χ2v) is 9.05. The van der Waals surface area contributed by atoms with Gasteiger partial charge >= 0.3 is 0 Å². The molecule has 3 aromatic rings. The number of hydrogen-bond acceptors (Lipinski definition) is 4. The molecule has 0 aromatic heterocycles. The molecule has 0 spiro atoms. The first-order valence-corrected chi connectivity index (χ1v) is 12.9. The summed E-state index contributed by atoms with van der Waals surface area (Å²) in [4.78, 5) is 30.9. The van der Waals surface area contributed by atoms with Gasteiger partial charge < -0.3 is 14.5 Å². The van der Waals surface area contributed by atoms with Crippen LogP contribution in [-0.2, 0) is 4.79 Å². The summed E-state index contributed by atoms with van der Waals surface area (Å²) in [6.45, 7) is 8.26. The molecule has 3 aromatic carbocycles. The summed E-state index contributed by atoms with van der Waals surface area (Å²) < 4.78 is 5.87. The molecule has 1 amide bonds. The topological polar surface area (TPSA) is 49.9 Å². The number of amides is 1. The van der Waals surface area contributed by atoms with Crippen LogP contribution in [0.3, 0.4) is 0 Å². The van der Waals surface area contributed by atoms with Gasteiger partial charge in [-0.15, -0.1) is 0 Å². The van der Waals surface area contributed by atoms with Crippen molar-refractivity contribution in [3.63, 3.8) is 0 Å². The molecule has 190 valence electrons. The molecule has 1 aliphatic rings. The van der Waals surface area contributed by atoms with Gasteiger partial charge in [-0.05, 0) is 60.6 Å². The molecule has 0 atom stereocenters. The van der Waals surface area contributed by atoms with Crippen molar-refractivity contribution in [2.24, 2.45) is 0 Å². The van der Waals surface area contributed by atoms with Crippen molar-refractivity contribution in [1.29, 1.82) is 0 Å². The predicted octanol–water partition coefficient (Wildman–Crippen LogP) is 5.60. The lowest BCUT2D eigenvalue weighted by molar-refractivity contribution is -0.113. The van der Waals surface area contributed by atoms with Crippen molar-refractivity contribution in [2.45, 2.75) is 13.8 Å². The number of carbonyl (C=O) groups is 2. The van der Waals surface area contributed by atoms with Crippen LogP contribution in [0.15, 0.2) is 96.1 Å². The van der Waals surface area contributed by atoms with E-state index >= 15 is 0 Å². The van der Waals surface area contributed by atoms with E-state index in [4.69, 9.17) is 4.74 Å². The Bertz CT molecular complexity index is 1180. The van der Waals surface area contributed by atoms with E-state index in [0.717, 1.165) is 36.5 Å². The second kappa shape index (κ2) is 12.8. The number of piperidine rings is 1. The molecular weight excluding hydrogens is 460 g/mol. The van der Waals surface area contributed by atoms with Crippen molar-refractivity contribution in [1.82, 2.24) is 9.80 Å². The minimum Gasteiger partial charge on any atom is -0.492 e. The molecule has 0 saturated carbocycles. The molecule has 1 saturated heterocycles. The Kier molecular flexibility index (Phi) is 9.06. The summed E-state index contributed by atoms with van der Waals surface area (Å²) >= 11 is 0.